The molecular weight excluding hydrogens is 384 g/mol. The van der Waals surface area contributed by atoms with Crippen molar-refractivity contribution in [2.75, 3.05) is 44.6 Å². The summed E-state index contributed by atoms with van der Waals surface area (Å²) < 4.78 is 5.15. The first kappa shape index (κ1) is 23.8. The van der Waals surface area contributed by atoms with Crippen LogP contribution in [0.3, 0.4) is 0 Å². The van der Waals surface area contributed by atoms with Gasteiger partial charge < -0.3 is 15.4 Å². The van der Waals surface area contributed by atoms with Gasteiger partial charge in [0.05, 0.1) is 24.8 Å². The zero-order chi connectivity index (χ0) is 22.3. The predicted molar refractivity (Wildman–Crippen MR) is 116 cm³/mol. The van der Waals surface area contributed by atoms with Gasteiger partial charge in [0.2, 0.25) is 11.8 Å². The number of amides is 2. The molecule has 166 valence electrons. The molecule has 8 heteroatoms. The van der Waals surface area contributed by atoms with E-state index < -0.39 is 0 Å². The maximum absolute atomic E-state index is 12.3. The van der Waals surface area contributed by atoms with E-state index in [9.17, 15) is 14.4 Å². The Kier molecular flexibility index (Phi) is 8.37. The number of carbonyl (C=O) groups excluding carboxylic acids is 3. The molecule has 1 aliphatic rings. The van der Waals surface area contributed by atoms with E-state index in [2.05, 4.69) is 20.4 Å². The zero-order valence-electron chi connectivity index (χ0n) is 18.7. The number of piperazine rings is 1. The van der Waals surface area contributed by atoms with Crippen molar-refractivity contribution in [2.45, 2.75) is 46.3 Å². The summed E-state index contributed by atoms with van der Waals surface area (Å²) in [6, 6.07) is 6.67. The highest BCUT2D eigenvalue weighted by Gasteiger charge is 2.22. The van der Waals surface area contributed by atoms with E-state index in [4.69, 9.17) is 4.74 Å². The Hall–Kier alpha value is -2.45. The minimum absolute atomic E-state index is 0.0226. The standard InChI is InChI=1S/C22H34N4O4/c1-16(2)30-21(29)17-6-8-18(9-7-17)23-19(27)14-25-10-12-26(13-11-25)15-20(28)24-22(3,4)5/h6-9,16H,10-15H2,1-5H3,(H,23,27)(H,24,28). The highest BCUT2D eigenvalue weighted by Crippen LogP contribution is 2.12. The number of hydrogen-bond acceptors (Lipinski definition) is 6. The Morgan fingerprint density at radius 1 is 0.933 bits per heavy atom. The third-order valence-electron chi connectivity index (χ3n) is 4.46. The summed E-state index contributed by atoms with van der Waals surface area (Å²) in [7, 11) is 0. The summed E-state index contributed by atoms with van der Waals surface area (Å²) in [5.74, 6) is -0.460. The minimum atomic E-state index is -0.378. The van der Waals surface area contributed by atoms with Crippen molar-refractivity contribution >= 4 is 23.5 Å². The van der Waals surface area contributed by atoms with E-state index in [1.807, 2.05) is 20.8 Å². The van der Waals surface area contributed by atoms with Gasteiger partial charge in [-0.15, -0.1) is 0 Å². The van der Waals surface area contributed by atoms with E-state index in [-0.39, 0.29) is 29.4 Å². The monoisotopic (exact) mass is 418 g/mol. The molecule has 0 atom stereocenters. The van der Waals surface area contributed by atoms with Crippen LogP contribution in [0.5, 0.6) is 0 Å². The number of anilines is 1. The molecule has 0 unspecified atom stereocenters. The molecule has 1 aliphatic heterocycles. The Labute approximate surface area is 178 Å². The van der Waals surface area contributed by atoms with Crippen molar-refractivity contribution in [1.29, 1.82) is 0 Å². The molecule has 2 amide bonds. The average molecular weight is 419 g/mol. The molecule has 1 aromatic rings. The summed E-state index contributed by atoms with van der Waals surface area (Å²) in [4.78, 5) is 40.4. The molecule has 0 spiro atoms. The van der Waals surface area contributed by atoms with Crippen molar-refractivity contribution in [2.24, 2.45) is 0 Å². The molecule has 30 heavy (non-hydrogen) atoms. The molecule has 1 saturated heterocycles. The van der Waals surface area contributed by atoms with Crippen molar-refractivity contribution in [3.05, 3.63) is 29.8 Å². The molecule has 0 bridgehead atoms. The fraction of sp³-hybridized carbons (Fsp3) is 0.591. The molecule has 0 saturated carbocycles. The molecule has 2 N–H and O–H groups in total. The first-order chi connectivity index (χ1) is 14.0. The SMILES string of the molecule is CC(C)OC(=O)c1ccc(NC(=O)CN2CCN(CC(=O)NC(C)(C)C)CC2)cc1. The van der Waals surface area contributed by atoms with Crippen LogP contribution in [0, 0.1) is 0 Å². The Morgan fingerprint density at radius 2 is 1.43 bits per heavy atom. The molecule has 1 aromatic carbocycles. The van der Waals surface area contributed by atoms with E-state index in [0.29, 0.717) is 24.3 Å². The summed E-state index contributed by atoms with van der Waals surface area (Å²) in [5.41, 5.74) is 0.858. The Morgan fingerprint density at radius 3 is 1.90 bits per heavy atom. The Balaban J connectivity index is 1.73. The lowest BCUT2D eigenvalue weighted by Crippen LogP contribution is -2.52. The van der Waals surface area contributed by atoms with E-state index in [1.165, 1.54) is 0 Å². The summed E-state index contributed by atoms with van der Waals surface area (Å²) in [6.45, 7) is 13.1. The lowest BCUT2D eigenvalue weighted by atomic mass is 10.1. The second-order valence-electron chi connectivity index (χ2n) is 8.93. The van der Waals surface area contributed by atoms with Gasteiger partial charge in [-0.05, 0) is 58.9 Å². The number of nitrogens with one attached hydrogen (secondary N) is 2. The Bertz CT molecular complexity index is 732. The third kappa shape index (κ3) is 8.51. The largest absolute Gasteiger partial charge is 0.459 e. The molecule has 0 aromatic heterocycles. The topological polar surface area (TPSA) is 91.0 Å². The second kappa shape index (κ2) is 10.5. The number of nitrogens with zero attached hydrogens (tertiary/aromatic N) is 2. The zero-order valence-corrected chi connectivity index (χ0v) is 18.7. The van der Waals surface area contributed by atoms with Gasteiger partial charge in [0.25, 0.3) is 0 Å². The normalized spacial score (nSPS) is 15.7. The fourth-order valence-electron chi connectivity index (χ4n) is 3.14. The highest BCUT2D eigenvalue weighted by atomic mass is 16.5. The van der Waals surface area contributed by atoms with Gasteiger partial charge >= 0.3 is 5.97 Å². The minimum Gasteiger partial charge on any atom is -0.459 e. The lowest BCUT2D eigenvalue weighted by molar-refractivity contribution is -0.124. The van der Waals surface area contributed by atoms with Crippen LogP contribution in [0.25, 0.3) is 0 Å². The van der Waals surface area contributed by atoms with Gasteiger partial charge in [-0.25, -0.2) is 4.79 Å². The number of carbonyl (C=O) groups is 3. The first-order valence-corrected chi connectivity index (χ1v) is 10.4. The van der Waals surface area contributed by atoms with Crippen LogP contribution in [0.15, 0.2) is 24.3 Å². The quantitative estimate of drug-likeness (QED) is 0.656. The smallest absolute Gasteiger partial charge is 0.338 e. The number of ether oxygens (including phenoxy) is 1. The van der Waals surface area contributed by atoms with Crippen LogP contribution in [0.2, 0.25) is 0 Å². The molecule has 0 radical (unpaired) electrons. The van der Waals surface area contributed by atoms with E-state index in [0.717, 1.165) is 26.2 Å². The van der Waals surface area contributed by atoms with Gasteiger partial charge in [0.15, 0.2) is 0 Å². The summed E-state index contributed by atoms with van der Waals surface area (Å²) in [5, 5.41) is 5.82. The molecule has 0 aliphatic carbocycles. The van der Waals surface area contributed by atoms with Gasteiger partial charge in [-0.2, -0.15) is 0 Å². The van der Waals surface area contributed by atoms with Crippen LogP contribution < -0.4 is 10.6 Å². The third-order valence-corrected chi connectivity index (χ3v) is 4.46. The molecule has 8 nitrogen and oxygen atoms in total. The average Bonchev–Trinajstić information content (AvgIpc) is 2.61. The first-order valence-electron chi connectivity index (χ1n) is 10.4. The maximum Gasteiger partial charge on any atom is 0.338 e. The molecule has 1 fully saturated rings. The maximum atomic E-state index is 12.3. The lowest BCUT2D eigenvalue weighted by Gasteiger charge is -2.34. The highest BCUT2D eigenvalue weighted by molar-refractivity contribution is 5.94. The van der Waals surface area contributed by atoms with Gasteiger partial charge in [0, 0.05) is 37.4 Å². The summed E-state index contributed by atoms with van der Waals surface area (Å²) in [6.07, 6.45) is -0.176. The van der Waals surface area contributed by atoms with Crippen LogP contribution in [0.4, 0.5) is 5.69 Å². The predicted octanol–water partition coefficient (Wildman–Crippen LogP) is 1.72. The van der Waals surface area contributed by atoms with Gasteiger partial charge in [0.1, 0.15) is 0 Å². The van der Waals surface area contributed by atoms with Crippen molar-refractivity contribution < 1.29 is 19.1 Å². The molecule has 2 rings (SSSR count). The second-order valence-corrected chi connectivity index (χ2v) is 8.93. The van der Waals surface area contributed by atoms with E-state index >= 15 is 0 Å². The number of rotatable bonds is 7. The van der Waals surface area contributed by atoms with Crippen molar-refractivity contribution in [3.8, 4) is 0 Å². The fourth-order valence-corrected chi connectivity index (χ4v) is 3.14. The van der Waals surface area contributed by atoms with Crippen LogP contribution >= 0.6 is 0 Å². The summed E-state index contributed by atoms with van der Waals surface area (Å²) >= 11 is 0. The van der Waals surface area contributed by atoms with Gasteiger partial charge in [-0.3, -0.25) is 19.4 Å². The number of hydrogen-bond donors (Lipinski definition) is 2. The number of benzene rings is 1. The number of esters is 1. The molecule has 1 heterocycles. The van der Waals surface area contributed by atoms with Crippen LogP contribution in [-0.4, -0.2) is 78.5 Å². The molecular formula is C22H34N4O4. The van der Waals surface area contributed by atoms with E-state index in [1.54, 1.807) is 38.1 Å². The van der Waals surface area contributed by atoms with Crippen LogP contribution in [0.1, 0.15) is 45.0 Å². The van der Waals surface area contributed by atoms with Crippen molar-refractivity contribution in [3.63, 3.8) is 0 Å². The van der Waals surface area contributed by atoms with Crippen LogP contribution in [-0.2, 0) is 14.3 Å². The van der Waals surface area contributed by atoms with Gasteiger partial charge in [-0.1, -0.05) is 0 Å². The van der Waals surface area contributed by atoms with Crippen molar-refractivity contribution in [1.82, 2.24) is 15.1 Å².